The first kappa shape index (κ1) is 35.2. The highest BCUT2D eigenvalue weighted by Gasteiger charge is 2.21. The molecule has 0 unspecified atom stereocenters. The summed E-state index contributed by atoms with van der Waals surface area (Å²) in [5.41, 5.74) is 4.38. The van der Waals surface area contributed by atoms with Crippen molar-refractivity contribution in [3.8, 4) is 23.0 Å². The van der Waals surface area contributed by atoms with Crippen LogP contribution in [-0.2, 0) is 10.2 Å². The van der Waals surface area contributed by atoms with E-state index >= 15 is 0 Å². The number of aromatic nitrogens is 1. The Morgan fingerprint density at radius 2 is 1.60 bits per heavy atom. The van der Waals surface area contributed by atoms with Gasteiger partial charge in [-0.3, -0.25) is 4.79 Å². The van der Waals surface area contributed by atoms with Gasteiger partial charge in [0, 0.05) is 41.0 Å². The van der Waals surface area contributed by atoms with E-state index in [-0.39, 0.29) is 17.6 Å². The minimum atomic E-state index is -0.403. The summed E-state index contributed by atoms with van der Waals surface area (Å²) in [4.78, 5) is 26.1. The number of amides is 2. The third-order valence-corrected chi connectivity index (χ3v) is 7.62. The summed E-state index contributed by atoms with van der Waals surface area (Å²) in [6, 6.07) is 23.8. The van der Waals surface area contributed by atoms with Crippen LogP contribution in [0.15, 0.2) is 85.1 Å². The molecule has 12 heteroatoms. The topological polar surface area (TPSA) is 154 Å². The van der Waals surface area contributed by atoms with Gasteiger partial charge in [0.2, 0.25) is 0 Å². The highest BCUT2D eigenvalue weighted by Crippen LogP contribution is 2.40. The number of phenols is 1. The molecule has 48 heavy (non-hydrogen) atoms. The molecule has 0 spiro atoms. The third kappa shape index (κ3) is 8.80. The van der Waals surface area contributed by atoms with Crippen molar-refractivity contribution in [2.45, 2.75) is 33.1 Å². The Hall–Kier alpha value is -5.62. The number of methoxy groups -OCH3 is 1. The van der Waals surface area contributed by atoms with E-state index in [0.717, 1.165) is 27.6 Å². The van der Waals surface area contributed by atoms with Gasteiger partial charge in [-0.15, -0.1) is 0 Å². The quantitative estimate of drug-likeness (QED) is 0.0661. The molecule has 0 bridgehead atoms. The molecule has 0 aliphatic rings. The number of phenolic OH excluding ortho intramolecular Hbond substituents is 1. The van der Waals surface area contributed by atoms with E-state index in [9.17, 15) is 9.90 Å². The Balaban J connectivity index is 0.00000167. The van der Waals surface area contributed by atoms with E-state index < -0.39 is 6.03 Å². The number of rotatable bonds is 9. The van der Waals surface area contributed by atoms with Crippen LogP contribution < -0.4 is 30.1 Å². The molecule has 5 aromatic rings. The first-order chi connectivity index (χ1) is 23.0. The molecule has 2 amide bonds. The molecule has 0 aliphatic heterocycles. The van der Waals surface area contributed by atoms with E-state index in [1.54, 1.807) is 31.5 Å². The lowest BCUT2D eigenvalue weighted by Crippen LogP contribution is -2.21. The Kier molecular flexibility index (Phi) is 11.6. The Labute approximate surface area is 283 Å². The molecule has 0 atom stereocenters. The van der Waals surface area contributed by atoms with Crippen LogP contribution in [0.1, 0.15) is 31.9 Å². The average molecular weight is 670 g/mol. The second kappa shape index (κ2) is 15.8. The van der Waals surface area contributed by atoms with Gasteiger partial charge in [0.1, 0.15) is 23.1 Å². The van der Waals surface area contributed by atoms with Crippen LogP contribution in [0.5, 0.6) is 23.0 Å². The standard InChI is InChI=1S/C35H37N5O4S.CH2O2/c1-21-11-12-23(19-30(21)41)37-32-20-24(15-16-36-32)44-31-14-13-27(25-9-7-8-10-26(25)31)38-34(42)39-28-17-22(35(2,3)4)18-29(40-45-6)33(28)43-5;2-1-3/h7-20,40-41H,1-6H3,(H,36,37)(H2,38,39,42);1H,(H,2,3). The van der Waals surface area contributed by atoms with Crippen LogP contribution in [0.3, 0.4) is 0 Å². The van der Waals surface area contributed by atoms with Crippen LogP contribution in [0.4, 0.5) is 33.4 Å². The van der Waals surface area contributed by atoms with E-state index in [4.69, 9.17) is 19.4 Å². The summed E-state index contributed by atoms with van der Waals surface area (Å²) < 4.78 is 15.2. The second-order valence-corrected chi connectivity index (χ2v) is 12.2. The molecule has 4 aromatic carbocycles. The molecule has 0 saturated carbocycles. The first-order valence-corrected chi connectivity index (χ1v) is 16.1. The number of fused-ring (bicyclic) bond motifs is 1. The molecule has 0 aliphatic carbocycles. The van der Waals surface area contributed by atoms with Gasteiger partial charge in [-0.1, -0.05) is 63.1 Å². The normalized spacial score (nSPS) is 10.7. The number of urea groups is 1. The predicted molar refractivity (Wildman–Crippen MR) is 195 cm³/mol. The maximum Gasteiger partial charge on any atom is 0.323 e. The fraction of sp³-hybridized carbons (Fsp3) is 0.194. The van der Waals surface area contributed by atoms with Crippen LogP contribution >= 0.6 is 11.9 Å². The molecule has 11 nitrogen and oxygen atoms in total. The van der Waals surface area contributed by atoms with Gasteiger partial charge in [-0.2, -0.15) is 0 Å². The summed E-state index contributed by atoms with van der Waals surface area (Å²) >= 11 is 1.45. The second-order valence-electron chi connectivity index (χ2n) is 11.6. The minimum Gasteiger partial charge on any atom is -0.508 e. The van der Waals surface area contributed by atoms with Crippen molar-refractivity contribution in [2.24, 2.45) is 0 Å². The SMILES string of the molecule is COc1c(NSC)cc(C(C)(C)C)cc1NC(=O)Nc1ccc(Oc2ccnc(Nc3ccc(C)c(O)c3)c2)c2ccccc12.O=CO. The number of hydrogen-bond acceptors (Lipinski definition) is 9. The van der Waals surface area contributed by atoms with Crippen LogP contribution in [0.25, 0.3) is 10.8 Å². The van der Waals surface area contributed by atoms with Crippen molar-refractivity contribution < 1.29 is 29.3 Å². The van der Waals surface area contributed by atoms with Gasteiger partial charge < -0.3 is 40.4 Å². The van der Waals surface area contributed by atoms with E-state index in [1.807, 2.05) is 73.8 Å². The number of nitrogens with one attached hydrogen (secondary N) is 4. The van der Waals surface area contributed by atoms with Crippen LogP contribution in [0, 0.1) is 6.92 Å². The zero-order valence-electron chi connectivity index (χ0n) is 27.5. The van der Waals surface area contributed by atoms with Gasteiger partial charge in [-0.05, 0) is 59.9 Å². The fourth-order valence-corrected chi connectivity index (χ4v) is 5.18. The summed E-state index contributed by atoms with van der Waals surface area (Å²) in [7, 11) is 1.59. The monoisotopic (exact) mass is 669 g/mol. The van der Waals surface area contributed by atoms with Gasteiger partial charge in [0.25, 0.3) is 6.47 Å². The summed E-state index contributed by atoms with van der Waals surface area (Å²) in [6.45, 7) is 7.95. The number of benzene rings is 4. The number of hydrogen-bond donors (Lipinski definition) is 6. The highest BCUT2D eigenvalue weighted by atomic mass is 32.2. The maximum atomic E-state index is 13.4. The molecule has 1 heterocycles. The largest absolute Gasteiger partial charge is 0.508 e. The van der Waals surface area contributed by atoms with Crippen molar-refractivity contribution in [2.75, 3.05) is 34.0 Å². The van der Waals surface area contributed by atoms with Crippen molar-refractivity contribution in [1.29, 1.82) is 0 Å². The molecule has 1 aromatic heterocycles. The van der Waals surface area contributed by atoms with Gasteiger partial charge >= 0.3 is 6.03 Å². The van der Waals surface area contributed by atoms with Crippen LogP contribution in [0.2, 0.25) is 0 Å². The molecule has 0 saturated heterocycles. The smallest absolute Gasteiger partial charge is 0.323 e. The number of nitrogens with zero attached hydrogens (tertiary/aromatic N) is 1. The average Bonchev–Trinajstić information content (AvgIpc) is 3.04. The molecule has 0 radical (unpaired) electrons. The molecular weight excluding hydrogens is 630 g/mol. The molecule has 6 N–H and O–H groups in total. The van der Waals surface area contributed by atoms with Crippen LogP contribution in [-0.4, -0.2) is 41.1 Å². The molecule has 5 rings (SSSR count). The van der Waals surface area contributed by atoms with Crippen molar-refractivity contribution in [3.05, 3.63) is 96.2 Å². The Morgan fingerprint density at radius 1 is 0.917 bits per heavy atom. The summed E-state index contributed by atoms with van der Waals surface area (Å²) in [5.74, 6) is 2.52. The third-order valence-electron chi connectivity index (χ3n) is 7.19. The minimum absolute atomic E-state index is 0.144. The van der Waals surface area contributed by atoms with Gasteiger partial charge in [-0.25, -0.2) is 9.78 Å². The zero-order valence-corrected chi connectivity index (χ0v) is 28.4. The predicted octanol–water partition coefficient (Wildman–Crippen LogP) is 9.13. The van der Waals surface area contributed by atoms with Gasteiger partial charge in [0.05, 0.1) is 24.2 Å². The molecule has 0 fully saturated rings. The lowest BCUT2D eigenvalue weighted by Gasteiger charge is -2.24. The summed E-state index contributed by atoms with van der Waals surface area (Å²) in [6.07, 6.45) is 3.58. The summed E-state index contributed by atoms with van der Waals surface area (Å²) in [5, 5.41) is 27.8. The van der Waals surface area contributed by atoms with E-state index in [2.05, 4.69) is 46.4 Å². The number of carbonyl (C=O) groups is 2. The number of carbonyl (C=O) groups excluding carboxylic acids is 1. The Morgan fingerprint density at radius 3 is 2.27 bits per heavy atom. The zero-order chi connectivity index (χ0) is 34.8. The van der Waals surface area contributed by atoms with Gasteiger partial charge in [0.15, 0.2) is 5.75 Å². The highest BCUT2D eigenvalue weighted by molar-refractivity contribution is 7.99. The number of pyridine rings is 1. The lowest BCUT2D eigenvalue weighted by molar-refractivity contribution is -0.122. The lowest BCUT2D eigenvalue weighted by atomic mass is 9.86. The van der Waals surface area contributed by atoms with Crippen molar-refractivity contribution in [1.82, 2.24) is 4.98 Å². The van der Waals surface area contributed by atoms with E-state index in [1.165, 1.54) is 11.9 Å². The van der Waals surface area contributed by atoms with Crippen molar-refractivity contribution >= 4 is 63.8 Å². The molecule has 250 valence electrons. The van der Waals surface area contributed by atoms with Crippen molar-refractivity contribution in [3.63, 3.8) is 0 Å². The Bertz CT molecular complexity index is 1910. The number of carboxylic acid groups (broad SMARTS) is 1. The number of aryl methyl sites for hydroxylation is 1. The maximum absolute atomic E-state index is 13.4. The number of anilines is 5. The number of ether oxygens (including phenoxy) is 2. The molecular formula is C36H39N5O6S. The van der Waals surface area contributed by atoms with E-state index in [0.29, 0.717) is 40.1 Å². The number of aromatic hydroxyl groups is 1. The first-order valence-electron chi connectivity index (χ1n) is 14.9. The fourth-order valence-electron chi connectivity index (χ4n) is 4.81.